The topological polar surface area (TPSA) is 69.4 Å². The van der Waals surface area contributed by atoms with Crippen molar-refractivity contribution >= 4 is 22.7 Å². The standard InChI is InChI=1S/C24H24FN3O2S/c1-24(2,3)30-18-10-4-15(5-11-18)12-28-13-20(29)21(22(28)26)23-27-19(14-31-23)16-6-8-17(25)9-7-16/h4-11,14,26,29H,12-13H2,1-3H3. The smallest absolute Gasteiger partial charge is 0.135 e. The van der Waals surface area contributed by atoms with E-state index in [1.54, 1.807) is 12.1 Å². The van der Waals surface area contributed by atoms with E-state index in [-0.39, 0.29) is 29.6 Å². The van der Waals surface area contributed by atoms with Crippen molar-refractivity contribution < 1.29 is 14.2 Å². The first-order chi connectivity index (χ1) is 14.7. The molecule has 7 heteroatoms. The normalized spacial score (nSPS) is 14.5. The summed E-state index contributed by atoms with van der Waals surface area (Å²) in [5.74, 6) is 0.876. The average molecular weight is 438 g/mol. The Morgan fingerprint density at radius 1 is 1.13 bits per heavy atom. The van der Waals surface area contributed by atoms with Crippen molar-refractivity contribution in [3.05, 3.63) is 76.1 Å². The molecule has 0 aliphatic carbocycles. The molecule has 4 rings (SSSR count). The summed E-state index contributed by atoms with van der Waals surface area (Å²) >= 11 is 1.36. The summed E-state index contributed by atoms with van der Waals surface area (Å²) in [5, 5.41) is 21.6. The van der Waals surface area contributed by atoms with Crippen molar-refractivity contribution in [1.82, 2.24) is 9.88 Å². The van der Waals surface area contributed by atoms with Crippen LogP contribution in [-0.4, -0.2) is 33.0 Å². The maximum absolute atomic E-state index is 13.2. The summed E-state index contributed by atoms with van der Waals surface area (Å²) in [5.41, 5.74) is 2.70. The van der Waals surface area contributed by atoms with E-state index in [2.05, 4.69) is 4.98 Å². The van der Waals surface area contributed by atoms with Crippen LogP contribution in [0.25, 0.3) is 16.8 Å². The van der Waals surface area contributed by atoms with Crippen LogP contribution in [0.1, 0.15) is 31.3 Å². The molecule has 0 radical (unpaired) electrons. The number of nitrogens with one attached hydrogen (secondary N) is 1. The van der Waals surface area contributed by atoms with Crippen LogP contribution in [0.3, 0.4) is 0 Å². The second-order valence-corrected chi connectivity index (χ2v) is 9.29. The molecule has 0 unspecified atom stereocenters. The first-order valence-electron chi connectivity index (χ1n) is 9.95. The zero-order chi connectivity index (χ0) is 22.2. The number of aliphatic hydroxyl groups excluding tert-OH is 1. The highest BCUT2D eigenvalue weighted by molar-refractivity contribution is 7.11. The van der Waals surface area contributed by atoms with Gasteiger partial charge in [0.25, 0.3) is 0 Å². The minimum absolute atomic E-state index is 0.137. The molecule has 160 valence electrons. The molecule has 2 aromatic carbocycles. The Bertz CT molecular complexity index is 1130. The van der Waals surface area contributed by atoms with Gasteiger partial charge < -0.3 is 14.7 Å². The lowest BCUT2D eigenvalue weighted by Crippen LogP contribution is -2.26. The fraction of sp³-hybridized carbons (Fsp3) is 0.250. The lowest BCUT2D eigenvalue weighted by atomic mass is 10.1. The van der Waals surface area contributed by atoms with Crippen LogP contribution in [0.4, 0.5) is 4.39 Å². The van der Waals surface area contributed by atoms with Crippen LogP contribution in [0.15, 0.2) is 59.7 Å². The third-order valence-electron chi connectivity index (χ3n) is 4.76. The number of ether oxygens (including phenoxy) is 1. The maximum atomic E-state index is 13.2. The van der Waals surface area contributed by atoms with Gasteiger partial charge in [-0.3, -0.25) is 5.41 Å². The predicted molar refractivity (Wildman–Crippen MR) is 122 cm³/mol. The Labute approximate surface area is 185 Å². The number of benzene rings is 2. The first kappa shape index (κ1) is 21.1. The summed E-state index contributed by atoms with van der Waals surface area (Å²) in [6.45, 7) is 6.77. The highest BCUT2D eigenvalue weighted by Crippen LogP contribution is 2.33. The van der Waals surface area contributed by atoms with Gasteiger partial charge in [0.05, 0.1) is 17.8 Å². The SMILES string of the molecule is CC(C)(C)Oc1ccc(CN2CC(O)=C(c3nc(-c4ccc(F)cc4)cs3)C2=N)cc1. The third-order valence-corrected chi connectivity index (χ3v) is 5.62. The lowest BCUT2D eigenvalue weighted by Gasteiger charge is -2.22. The molecule has 1 aliphatic heterocycles. The quantitative estimate of drug-likeness (QED) is 0.522. The number of aromatic nitrogens is 1. The molecule has 5 nitrogen and oxygen atoms in total. The third kappa shape index (κ3) is 4.77. The Hall–Kier alpha value is -3.19. The number of halogens is 1. The van der Waals surface area contributed by atoms with E-state index in [4.69, 9.17) is 10.1 Å². The van der Waals surface area contributed by atoms with E-state index >= 15 is 0 Å². The van der Waals surface area contributed by atoms with Crippen LogP contribution < -0.4 is 4.74 Å². The van der Waals surface area contributed by atoms with Gasteiger partial charge >= 0.3 is 0 Å². The number of amidine groups is 1. The van der Waals surface area contributed by atoms with Crippen molar-refractivity contribution in [1.29, 1.82) is 5.41 Å². The Morgan fingerprint density at radius 2 is 1.81 bits per heavy atom. The molecular formula is C24H24FN3O2S. The molecule has 0 amide bonds. The second kappa shape index (κ2) is 8.15. The van der Waals surface area contributed by atoms with Crippen molar-refractivity contribution in [2.24, 2.45) is 0 Å². The highest BCUT2D eigenvalue weighted by atomic mass is 32.1. The van der Waals surface area contributed by atoms with Gasteiger partial charge in [-0.2, -0.15) is 0 Å². The molecule has 3 aromatic rings. The van der Waals surface area contributed by atoms with E-state index in [0.717, 1.165) is 16.9 Å². The van der Waals surface area contributed by atoms with Gasteiger partial charge in [-0.15, -0.1) is 11.3 Å². The van der Waals surface area contributed by atoms with Crippen LogP contribution in [0, 0.1) is 11.2 Å². The molecular weight excluding hydrogens is 413 g/mol. The molecule has 1 aliphatic rings. The zero-order valence-electron chi connectivity index (χ0n) is 17.6. The maximum Gasteiger partial charge on any atom is 0.135 e. The van der Waals surface area contributed by atoms with Crippen LogP contribution in [0.5, 0.6) is 5.75 Å². The van der Waals surface area contributed by atoms with Crippen LogP contribution in [0.2, 0.25) is 0 Å². The molecule has 31 heavy (non-hydrogen) atoms. The minimum Gasteiger partial charge on any atom is -0.510 e. The number of hydrogen-bond acceptors (Lipinski definition) is 5. The van der Waals surface area contributed by atoms with Crippen molar-refractivity contribution in [3.63, 3.8) is 0 Å². The summed E-state index contributed by atoms with van der Waals surface area (Å²) in [4.78, 5) is 6.38. The highest BCUT2D eigenvalue weighted by Gasteiger charge is 2.30. The van der Waals surface area contributed by atoms with E-state index in [1.807, 2.05) is 55.3 Å². The lowest BCUT2D eigenvalue weighted by molar-refractivity contribution is 0.131. The Morgan fingerprint density at radius 3 is 2.45 bits per heavy atom. The summed E-state index contributed by atoms with van der Waals surface area (Å²) in [7, 11) is 0. The van der Waals surface area contributed by atoms with Gasteiger partial charge in [-0.25, -0.2) is 9.37 Å². The molecule has 1 aromatic heterocycles. The summed E-state index contributed by atoms with van der Waals surface area (Å²) < 4.78 is 19.0. The molecule has 2 heterocycles. The fourth-order valence-corrected chi connectivity index (χ4v) is 4.27. The molecule has 0 saturated heterocycles. The van der Waals surface area contributed by atoms with Crippen molar-refractivity contribution in [2.75, 3.05) is 6.54 Å². The van der Waals surface area contributed by atoms with Crippen molar-refractivity contribution in [2.45, 2.75) is 32.9 Å². The Balaban J connectivity index is 1.47. The molecule has 0 fully saturated rings. The summed E-state index contributed by atoms with van der Waals surface area (Å²) in [6, 6.07) is 13.9. The summed E-state index contributed by atoms with van der Waals surface area (Å²) in [6.07, 6.45) is 0. The second-order valence-electron chi connectivity index (χ2n) is 8.43. The molecule has 0 spiro atoms. The predicted octanol–water partition coefficient (Wildman–Crippen LogP) is 5.89. The van der Waals surface area contributed by atoms with E-state index in [1.165, 1.54) is 23.5 Å². The first-order valence-corrected chi connectivity index (χ1v) is 10.8. The van der Waals surface area contributed by atoms with Crippen molar-refractivity contribution in [3.8, 4) is 17.0 Å². The molecule has 0 saturated carbocycles. The van der Waals surface area contributed by atoms with Gasteiger partial charge in [0.15, 0.2) is 0 Å². The van der Waals surface area contributed by atoms with Gasteiger partial charge in [-0.05, 0) is 62.7 Å². The van der Waals surface area contributed by atoms with Gasteiger partial charge in [-0.1, -0.05) is 12.1 Å². The van der Waals surface area contributed by atoms with Gasteiger partial charge in [0.2, 0.25) is 0 Å². The average Bonchev–Trinajstić information content (AvgIpc) is 3.27. The van der Waals surface area contributed by atoms with Gasteiger partial charge in [0.1, 0.15) is 33.8 Å². The van der Waals surface area contributed by atoms with Crippen LogP contribution >= 0.6 is 11.3 Å². The number of nitrogens with zero attached hydrogens (tertiary/aromatic N) is 2. The van der Waals surface area contributed by atoms with Gasteiger partial charge in [0, 0.05) is 17.5 Å². The largest absolute Gasteiger partial charge is 0.510 e. The van der Waals surface area contributed by atoms with Crippen LogP contribution in [-0.2, 0) is 6.54 Å². The number of hydrogen-bond donors (Lipinski definition) is 2. The number of rotatable bonds is 5. The van der Waals surface area contributed by atoms with E-state index in [0.29, 0.717) is 22.8 Å². The molecule has 0 bridgehead atoms. The molecule has 0 atom stereocenters. The minimum atomic E-state index is -0.300. The van der Waals surface area contributed by atoms with E-state index in [9.17, 15) is 9.50 Å². The number of aliphatic hydroxyl groups is 1. The number of thiazole rings is 1. The molecule has 2 N–H and O–H groups in total. The zero-order valence-corrected chi connectivity index (χ0v) is 18.5. The fourth-order valence-electron chi connectivity index (χ4n) is 3.37. The van der Waals surface area contributed by atoms with E-state index < -0.39 is 0 Å². The Kier molecular flexibility index (Phi) is 5.54. The monoisotopic (exact) mass is 437 g/mol.